The van der Waals surface area contributed by atoms with Crippen LogP contribution in [0.5, 0.6) is 0 Å². The first-order chi connectivity index (χ1) is 7.81. The molecule has 1 heterocycles. The van der Waals surface area contributed by atoms with Gasteiger partial charge in [0.15, 0.2) is 6.73 Å². The van der Waals surface area contributed by atoms with Gasteiger partial charge in [-0.25, -0.2) is 0 Å². The van der Waals surface area contributed by atoms with Crippen LogP contribution in [0.2, 0.25) is 0 Å². The predicted molar refractivity (Wildman–Crippen MR) is 59.2 cm³/mol. The molecule has 0 aliphatic carbocycles. The maximum atomic E-state index is 11.6. The summed E-state index contributed by atoms with van der Waals surface area (Å²) in [6.45, 7) is 0.446. The lowest BCUT2D eigenvalue weighted by Gasteiger charge is -2.26. The van der Waals surface area contributed by atoms with E-state index in [0.29, 0.717) is 12.3 Å². The van der Waals surface area contributed by atoms with Crippen molar-refractivity contribution in [2.75, 3.05) is 19.9 Å². The third kappa shape index (κ3) is 2.23. The average Bonchev–Trinajstić information content (AvgIpc) is 2.33. The number of benzene rings is 1. The molecule has 0 fully saturated rings. The number of carbonyl (C=O) groups excluding carboxylic acids is 1. The molecule has 1 aromatic rings. The molecule has 0 spiro atoms. The number of amides is 1. The standard InChI is InChI=1S/C12H13NO3/c14-7-6-13-9-16-11(8-12(13)15)10-4-2-1-3-5-10/h1-5,8,14H,6-7,9H2. The van der Waals surface area contributed by atoms with Crippen molar-refractivity contribution >= 4 is 11.7 Å². The van der Waals surface area contributed by atoms with E-state index in [0.717, 1.165) is 5.56 Å². The van der Waals surface area contributed by atoms with Crippen LogP contribution in [-0.4, -0.2) is 35.8 Å². The zero-order valence-corrected chi connectivity index (χ0v) is 8.80. The summed E-state index contributed by atoms with van der Waals surface area (Å²) in [4.78, 5) is 13.1. The molecule has 1 N–H and O–H groups in total. The van der Waals surface area contributed by atoms with E-state index in [-0.39, 0.29) is 19.2 Å². The van der Waals surface area contributed by atoms with Crippen molar-refractivity contribution in [1.29, 1.82) is 0 Å². The fraction of sp³-hybridized carbons (Fsp3) is 0.250. The van der Waals surface area contributed by atoms with Crippen molar-refractivity contribution in [3.05, 3.63) is 42.0 Å². The first kappa shape index (κ1) is 10.7. The number of β-amino-alcohol motifs (C(OH)–C–C–N with tert-alkyl or cyclic N) is 1. The molecule has 1 amide bonds. The molecule has 0 radical (unpaired) electrons. The van der Waals surface area contributed by atoms with Crippen LogP contribution in [0.25, 0.3) is 5.76 Å². The summed E-state index contributed by atoms with van der Waals surface area (Å²) in [6.07, 6.45) is 1.45. The second kappa shape index (κ2) is 4.81. The summed E-state index contributed by atoms with van der Waals surface area (Å²) < 4.78 is 5.45. The Morgan fingerprint density at radius 1 is 1.31 bits per heavy atom. The van der Waals surface area contributed by atoms with Gasteiger partial charge in [-0.3, -0.25) is 4.79 Å². The highest BCUT2D eigenvalue weighted by Crippen LogP contribution is 2.19. The maximum Gasteiger partial charge on any atom is 0.253 e. The Hall–Kier alpha value is -1.81. The molecule has 0 saturated carbocycles. The van der Waals surface area contributed by atoms with E-state index in [2.05, 4.69) is 0 Å². The molecule has 0 saturated heterocycles. The van der Waals surface area contributed by atoms with E-state index in [4.69, 9.17) is 9.84 Å². The minimum atomic E-state index is -0.126. The van der Waals surface area contributed by atoms with Gasteiger partial charge in [-0.1, -0.05) is 30.3 Å². The topological polar surface area (TPSA) is 49.8 Å². The Kier molecular flexibility index (Phi) is 3.22. The maximum absolute atomic E-state index is 11.6. The molecule has 0 atom stereocenters. The zero-order chi connectivity index (χ0) is 11.4. The Labute approximate surface area is 93.8 Å². The number of nitrogens with zero attached hydrogens (tertiary/aromatic N) is 1. The molecule has 4 heteroatoms. The number of ether oxygens (including phenoxy) is 1. The van der Waals surface area contributed by atoms with Gasteiger partial charge in [-0.2, -0.15) is 0 Å². The van der Waals surface area contributed by atoms with Crippen LogP contribution in [0, 0.1) is 0 Å². The Bertz CT molecular complexity index is 400. The van der Waals surface area contributed by atoms with Crippen molar-refractivity contribution < 1.29 is 14.6 Å². The third-order valence-electron chi connectivity index (χ3n) is 2.37. The highest BCUT2D eigenvalue weighted by Gasteiger charge is 2.19. The lowest BCUT2D eigenvalue weighted by molar-refractivity contribution is -0.131. The van der Waals surface area contributed by atoms with Crippen LogP contribution in [0.15, 0.2) is 36.4 Å². The smallest absolute Gasteiger partial charge is 0.253 e. The molecule has 0 bridgehead atoms. The molecule has 0 unspecified atom stereocenters. The van der Waals surface area contributed by atoms with Gasteiger partial charge in [0.05, 0.1) is 6.61 Å². The lowest BCUT2D eigenvalue weighted by Crippen LogP contribution is -2.37. The Morgan fingerprint density at radius 3 is 2.69 bits per heavy atom. The van der Waals surface area contributed by atoms with Gasteiger partial charge < -0.3 is 14.7 Å². The summed E-state index contributed by atoms with van der Waals surface area (Å²) in [5.41, 5.74) is 0.888. The number of aliphatic hydroxyl groups is 1. The van der Waals surface area contributed by atoms with Crippen LogP contribution >= 0.6 is 0 Å². The van der Waals surface area contributed by atoms with E-state index in [1.54, 1.807) is 0 Å². The van der Waals surface area contributed by atoms with E-state index in [1.807, 2.05) is 30.3 Å². The normalized spacial score (nSPS) is 15.7. The van der Waals surface area contributed by atoms with E-state index in [1.165, 1.54) is 11.0 Å². The number of carbonyl (C=O) groups is 1. The minimum absolute atomic E-state index is 0.0520. The van der Waals surface area contributed by atoms with E-state index in [9.17, 15) is 4.79 Å². The third-order valence-corrected chi connectivity index (χ3v) is 2.37. The van der Waals surface area contributed by atoms with Gasteiger partial charge in [0, 0.05) is 18.2 Å². The van der Waals surface area contributed by atoms with Crippen molar-refractivity contribution in [2.45, 2.75) is 0 Å². The van der Waals surface area contributed by atoms with Crippen molar-refractivity contribution in [3.8, 4) is 0 Å². The van der Waals surface area contributed by atoms with Gasteiger partial charge in [-0.15, -0.1) is 0 Å². The van der Waals surface area contributed by atoms with Gasteiger partial charge in [0.1, 0.15) is 5.76 Å². The van der Waals surface area contributed by atoms with E-state index >= 15 is 0 Å². The molecule has 1 aliphatic rings. The molecule has 84 valence electrons. The van der Waals surface area contributed by atoms with Crippen LogP contribution < -0.4 is 0 Å². The molecule has 1 aliphatic heterocycles. The zero-order valence-electron chi connectivity index (χ0n) is 8.80. The average molecular weight is 219 g/mol. The highest BCUT2D eigenvalue weighted by molar-refractivity contribution is 5.94. The van der Waals surface area contributed by atoms with Crippen LogP contribution in [-0.2, 0) is 9.53 Å². The summed E-state index contributed by atoms with van der Waals surface area (Å²) in [5, 5.41) is 8.75. The minimum Gasteiger partial charge on any atom is -0.472 e. The molecular weight excluding hydrogens is 206 g/mol. The monoisotopic (exact) mass is 219 g/mol. The van der Waals surface area contributed by atoms with Crippen LogP contribution in [0.1, 0.15) is 5.56 Å². The van der Waals surface area contributed by atoms with Crippen molar-refractivity contribution in [1.82, 2.24) is 4.90 Å². The number of aliphatic hydroxyl groups excluding tert-OH is 1. The van der Waals surface area contributed by atoms with E-state index < -0.39 is 0 Å². The quantitative estimate of drug-likeness (QED) is 0.819. The fourth-order valence-electron chi connectivity index (χ4n) is 1.52. The van der Waals surface area contributed by atoms with Crippen molar-refractivity contribution in [2.24, 2.45) is 0 Å². The molecule has 2 rings (SSSR count). The number of hydrogen-bond acceptors (Lipinski definition) is 3. The number of hydrogen-bond donors (Lipinski definition) is 1. The summed E-state index contributed by atoms with van der Waals surface area (Å²) in [7, 11) is 0. The van der Waals surface area contributed by atoms with Gasteiger partial charge >= 0.3 is 0 Å². The first-order valence-electron chi connectivity index (χ1n) is 5.11. The van der Waals surface area contributed by atoms with Gasteiger partial charge in [0.25, 0.3) is 5.91 Å². The Morgan fingerprint density at radius 2 is 2.06 bits per heavy atom. The largest absolute Gasteiger partial charge is 0.472 e. The highest BCUT2D eigenvalue weighted by atomic mass is 16.5. The fourth-order valence-corrected chi connectivity index (χ4v) is 1.52. The van der Waals surface area contributed by atoms with Crippen LogP contribution in [0.4, 0.5) is 0 Å². The SMILES string of the molecule is O=C1C=C(c2ccccc2)OCN1CCO. The van der Waals surface area contributed by atoms with Crippen molar-refractivity contribution in [3.63, 3.8) is 0 Å². The lowest BCUT2D eigenvalue weighted by atomic mass is 10.1. The molecule has 4 nitrogen and oxygen atoms in total. The van der Waals surface area contributed by atoms with Gasteiger partial charge in [0.2, 0.25) is 0 Å². The number of rotatable bonds is 3. The van der Waals surface area contributed by atoms with Gasteiger partial charge in [-0.05, 0) is 0 Å². The second-order valence-corrected chi connectivity index (χ2v) is 3.47. The second-order valence-electron chi connectivity index (χ2n) is 3.47. The first-order valence-corrected chi connectivity index (χ1v) is 5.11. The Balaban J connectivity index is 2.15. The van der Waals surface area contributed by atoms with Crippen LogP contribution in [0.3, 0.4) is 0 Å². The predicted octanol–water partition coefficient (Wildman–Crippen LogP) is 0.836. The summed E-state index contributed by atoms with van der Waals surface area (Å²) in [5.74, 6) is 0.457. The molecule has 16 heavy (non-hydrogen) atoms. The molecular formula is C12H13NO3. The molecule has 0 aromatic heterocycles. The molecule has 1 aromatic carbocycles. The summed E-state index contributed by atoms with van der Waals surface area (Å²) >= 11 is 0. The summed E-state index contributed by atoms with van der Waals surface area (Å²) in [6, 6.07) is 9.47.